The van der Waals surface area contributed by atoms with Crippen LogP contribution in [0.4, 0.5) is 4.39 Å². The largest absolute Gasteiger partial charge is 0.338 e. The Balaban J connectivity index is 2.21. The van der Waals surface area contributed by atoms with Crippen molar-refractivity contribution < 1.29 is 17.6 Å². The maximum atomic E-state index is 13.1. The molecule has 1 aromatic rings. The Labute approximate surface area is 118 Å². The van der Waals surface area contributed by atoms with Crippen molar-refractivity contribution in [2.75, 3.05) is 18.8 Å². The summed E-state index contributed by atoms with van der Waals surface area (Å²) in [5.41, 5.74) is 0.994. The zero-order valence-corrected chi connectivity index (χ0v) is 12.4. The average Bonchev–Trinajstić information content (AvgIpc) is 2.49. The molecule has 1 aromatic carbocycles. The molecule has 1 aliphatic heterocycles. The van der Waals surface area contributed by atoms with E-state index >= 15 is 0 Å². The standard InChI is InChI=1S/C14H18FNO3S/c1-10-9-12(15)3-4-13(10)14(17)16-6-5-11(2)20(18,19)8-7-16/h3-4,9,11H,5-8H2,1-2H3. The molecule has 0 aromatic heterocycles. The molecule has 0 N–H and O–H groups in total. The number of amides is 1. The van der Waals surface area contributed by atoms with Gasteiger partial charge in [0.25, 0.3) is 5.91 Å². The minimum absolute atomic E-state index is 0.0137. The molecule has 1 aliphatic rings. The molecule has 1 unspecified atom stereocenters. The van der Waals surface area contributed by atoms with Crippen molar-refractivity contribution in [1.29, 1.82) is 0 Å². The number of rotatable bonds is 1. The van der Waals surface area contributed by atoms with Gasteiger partial charge in [-0.25, -0.2) is 12.8 Å². The molecule has 2 rings (SSSR count). The second kappa shape index (κ2) is 5.52. The van der Waals surface area contributed by atoms with Crippen LogP contribution in [0.1, 0.15) is 29.3 Å². The van der Waals surface area contributed by atoms with Crippen LogP contribution in [-0.4, -0.2) is 43.3 Å². The van der Waals surface area contributed by atoms with Crippen molar-refractivity contribution in [2.45, 2.75) is 25.5 Å². The summed E-state index contributed by atoms with van der Waals surface area (Å²) in [6, 6.07) is 4.01. The van der Waals surface area contributed by atoms with Crippen LogP contribution in [0.2, 0.25) is 0 Å². The summed E-state index contributed by atoms with van der Waals surface area (Å²) in [5.74, 6) is -0.627. The van der Waals surface area contributed by atoms with Crippen LogP contribution in [0, 0.1) is 12.7 Å². The Morgan fingerprint density at radius 1 is 1.35 bits per heavy atom. The lowest BCUT2D eigenvalue weighted by atomic mass is 10.1. The van der Waals surface area contributed by atoms with E-state index in [1.807, 2.05) is 0 Å². The van der Waals surface area contributed by atoms with Crippen molar-refractivity contribution >= 4 is 15.7 Å². The number of benzene rings is 1. The number of carbonyl (C=O) groups excluding carboxylic acids is 1. The smallest absolute Gasteiger partial charge is 0.254 e. The van der Waals surface area contributed by atoms with Crippen LogP contribution in [-0.2, 0) is 9.84 Å². The van der Waals surface area contributed by atoms with Crippen molar-refractivity contribution in [3.63, 3.8) is 0 Å². The maximum absolute atomic E-state index is 13.1. The molecule has 20 heavy (non-hydrogen) atoms. The fourth-order valence-corrected chi connectivity index (χ4v) is 3.65. The highest BCUT2D eigenvalue weighted by atomic mass is 32.2. The van der Waals surface area contributed by atoms with Crippen molar-refractivity contribution in [3.05, 3.63) is 35.1 Å². The summed E-state index contributed by atoms with van der Waals surface area (Å²) in [7, 11) is -3.12. The van der Waals surface area contributed by atoms with Gasteiger partial charge in [-0.2, -0.15) is 0 Å². The predicted octanol–water partition coefficient (Wildman–Crippen LogP) is 1.78. The topological polar surface area (TPSA) is 54.5 Å². The van der Waals surface area contributed by atoms with E-state index in [9.17, 15) is 17.6 Å². The molecule has 0 saturated carbocycles. The summed E-state index contributed by atoms with van der Waals surface area (Å²) >= 11 is 0. The number of halogens is 1. The molecule has 1 atom stereocenters. The summed E-state index contributed by atoms with van der Waals surface area (Å²) < 4.78 is 36.7. The average molecular weight is 299 g/mol. The SMILES string of the molecule is Cc1cc(F)ccc1C(=O)N1CCC(C)S(=O)(=O)CC1. The third-order valence-corrected chi connectivity index (χ3v) is 5.98. The van der Waals surface area contributed by atoms with Crippen LogP contribution in [0.3, 0.4) is 0 Å². The van der Waals surface area contributed by atoms with E-state index in [0.717, 1.165) is 0 Å². The third-order valence-electron chi connectivity index (χ3n) is 3.77. The summed E-state index contributed by atoms with van der Waals surface area (Å²) in [5, 5.41) is -0.422. The maximum Gasteiger partial charge on any atom is 0.254 e. The van der Waals surface area contributed by atoms with Crippen LogP contribution < -0.4 is 0 Å². The minimum Gasteiger partial charge on any atom is -0.338 e. The Morgan fingerprint density at radius 3 is 2.70 bits per heavy atom. The molecule has 0 aliphatic carbocycles. The minimum atomic E-state index is -3.12. The van der Waals surface area contributed by atoms with Crippen LogP contribution in [0.5, 0.6) is 0 Å². The first kappa shape index (κ1) is 15.0. The first-order valence-electron chi connectivity index (χ1n) is 6.58. The lowest BCUT2D eigenvalue weighted by molar-refractivity contribution is 0.0766. The molecule has 1 fully saturated rings. The molecule has 1 saturated heterocycles. The highest BCUT2D eigenvalue weighted by Crippen LogP contribution is 2.17. The van der Waals surface area contributed by atoms with Gasteiger partial charge in [-0.15, -0.1) is 0 Å². The molecule has 1 amide bonds. The molecule has 0 bridgehead atoms. The molecule has 0 spiro atoms. The van der Waals surface area contributed by atoms with E-state index in [2.05, 4.69) is 0 Å². The molecular formula is C14H18FNO3S. The number of carbonyl (C=O) groups is 1. The van der Waals surface area contributed by atoms with Gasteiger partial charge in [0.1, 0.15) is 5.82 Å². The van der Waals surface area contributed by atoms with E-state index in [4.69, 9.17) is 0 Å². The lowest BCUT2D eigenvalue weighted by Crippen LogP contribution is -2.34. The Bertz CT molecular complexity index is 627. The van der Waals surface area contributed by atoms with Gasteiger partial charge >= 0.3 is 0 Å². The number of hydrogen-bond acceptors (Lipinski definition) is 3. The van der Waals surface area contributed by atoms with Crippen LogP contribution >= 0.6 is 0 Å². The van der Waals surface area contributed by atoms with Gasteiger partial charge in [-0.3, -0.25) is 4.79 Å². The molecule has 1 heterocycles. The fraction of sp³-hybridized carbons (Fsp3) is 0.500. The highest BCUT2D eigenvalue weighted by Gasteiger charge is 2.29. The van der Waals surface area contributed by atoms with E-state index in [1.165, 1.54) is 18.2 Å². The number of aryl methyl sites for hydroxylation is 1. The quantitative estimate of drug-likeness (QED) is 0.794. The molecular weight excluding hydrogens is 281 g/mol. The summed E-state index contributed by atoms with van der Waals surface area (Å²) in [6.45, 7) is 3.96. The fourth-order valence-electron chi connectivity index (χ4n) is 2.31. The zero-order chi connectivity index (χ0) is 14.9. The summed E-state index contributed by atoms with van der Waals surface area (Å²) in [6.07, 6.45) is 0.439. The van der Waals surface area contributed by atoms with Gasteiger partial charge in [0.2, 0.25) is 0 Å². The molecule has 110 valence electrons. The Kier molecular flexibility index (Phi) is 4.13. The van der Waals surface area contributed by atoms with E-state index in [-0.39, 0.29) is 24.0 Å². The number of sulfone groups is 1. The van der Waals surface area contributed by atoms with Gasteiger partial charge in [-0.1, -0.05) is 0 Å². The monoisotopic (exact) mass is 299 g/mol. The van der Waals surface area contributed by atoms with Gasteiger partial charge in [0.05, 0.1) is 11.0 Å². The van der Waals surface area contributed by atoms with E-state index in [1.54, 1.807) is 18.7 Å². The van der Waals surface area contributed by atoms with Gasteiger partial charge in [0, 0.05) is 18.7 Å². The molecule has 4 nitrogen and oxygen atoms in total. The lowest BCUT2D eigenvalue weighted by Gasteiger charge is -2.20. The van der Waals surface area contributed by atoms with Crippen molar-refractivity contribution in [2.24, 2.45) is 0 Å². The van der Waals surface area contributed by atoms with Crippen LogP contribution in [0.25, 0.3) is 0 Å². The summed E-state index contributed by atoms with van der Waals surface area (Å²) in [4.78, 5) is 14.0. The molecule has 6 heteroatoms. The number of hydrogen-bond donors (Lipinski definition) is 0. The van der Waals surface area contributed by atoms with E-state index < -0.39 is 15.1 Å². The highest BCUT2D eigenvalue weighted by molar-refractivity contribution is 7.92. The normalized spacial score (nSPS) is 22.4. The Hall–Kier alpha value is -1.43. The van der Waals surface area contributed by atoms with Crippen molar-refractivity contribution in [3.8, 4) is 0 Å². The third kappa shape index (κ3) is 3.00. The van der Waals surface area contributed by atoms with Crippen molar-refractivity contribution in [1.82, 2.24) is 4.90 Å². The second-order valence-corrected chi connectivity index (χ2v) is 7.76. The number of nitrogens with zero attached hydrogens (tertiary/aromatic N) is 1. The zero-order valence-electron chi connectivity index (χ0n) is 11.6. The van der Waals surface area contributed by atoms with Gasteiger partial charge in [-0.05, 0) is 44.0 Å². The van der Waals surface area contributed by atoms with Crippen LogP contribution in [0.15, 0.2) is 18.2 Å². The van der Waals surface area contributed by atoms with Gasteiger partial charge < -0.3 is 4.90 Å². The van der Waals surface area contributed by atoms with E-state index in [0.29, 0.717) is 24.1 Å². The first-order chi connectivity index (χ1) is 9.31. The first-order valence-corrected chi connectivity index (χ1v) is 8.30. The predicted molar refractivity (Wildman–Crippen MR) is 74.9 cm³/mol. The second-order valence-electron chi connectivity index (χ2n) is 5.22. The Morgan fingerprint density at radius 2 is 2.05 bits per heavy atom. The van der Waals surface area contributed by atoms with Gasteiger partial charge in [0.15, 0.2) is 9.84 Å². The molecule has 0 radical (unpaired) electrons.